The third-order valence-electron chi connectivity index (χ3n) is 9.80. The van der Waals surface area contributed by atoms with Crippen LogP contribution in [0.2, 0.25) is 0 Å². The Hall–Kier alpha value is -7.18. The molecule has 10 rings (SSSR count). The van der Waals surface area contributed by atoms with Gasteiger partial charge in [-0.05, 0) is 63.4 Å². The standard InChI is InChI=1S/C47H28FN5/c48-35-22-21-33-26-34-27-41(40-16-9-25-49-44(40)43(34)50-42(33)28-35)39-24-23-36(37-14-7-8-15-38(37)39)29-17-19-32(20-18-29)47-52-45(30-10-3-1-4-11-30)51-46(53-47)31-12-5-2-6-13-31/h1-28H. The highest BCUT2D eigenvalue weighted by Crippen LogP contribution is 2.41. The van der Waals surface area contributed by atoms with Crippen LogP contribution in [0.25, 0.3) is 99.9 Å². The first-order valence-corrected chi connectivity index (χ1v) is 17.4. The zero-order valence-electron chi connectivity index (χ0n) is 28.3. The van der Waals surface area contributed by atoms with Gasteiger partial charge in [0.25, 0.3) is 0 Å². The molecule has 3 aromatic heterocycles. The molecule has 6 heteroatoms. The fraction of sp³-hybridized carbons (Fsp3) is 0. The van der Waals surface area contributed by atoms with Crippen molar-refractivity contribution in [2.24, 2.45) is 0 Å². The molecule has 0 saturated carbocycles. The minimum atomic E-state index is -0.306. The zero-order valence-corrected chi connectivity index (χ0v) is 28.3. The number of fused-ring (bicyclic) bond motifs is 5. The van der Waals surface area contributed by atoms with Crippen LogP contribution in [0, 0.1) is 5.82 Å². The highest BCUT2D eigenvalue weighted by Gasteiger charge is 2.17. The fourth-order valence-corrected chi connectivity index (χ4v) is 7.25. The second kappa shape index (κ2) is 12.5. The molecule has 0 radical (unpaired) electrons. The number of aromatic nitrogens is 5. The lowest BCUT2D eigenvalue weighted by Gasteiger charge is -2.15. The molecule has 0 amide bonds. The molecule has 7 aromatic carbocycles. The van der Waals surface area contributed by atoms with Crippen LogP contribution in [0.3, 0.4) is 0 Å². The van der Waals surface area contributed by atoms with E-state index in [-0.39, 0.29) is 5.82 Å². The molecule has 3 heterocycles. The molecular formula is C47H28FN5. The van der Waals surface area contributed by atoms with Gasteiger partial charge in [0, 0.05) is 45.1 Å². The lowest BCUT2D eigenvalue weighted by atomic mass is 9.89. The Morgan fingerprint density at radius 3 is 1.60 bits per heavy atom. The van der Waals surface area contributed by atoms with Gasteiger partial charge in [-0.25, -0.2) is 24.3 Å². The van der Waals surface area contributed by atoms with Gasteiger partial charge < -0.3 is 0 Å². The monoisotopic (exact) mass is 681 g/mol. The molecule has 0 aliphatic heterocycles. The Bertz CT molecular complexity index is 2940. The molecule has 0 fully saturated rings. The molecule has 0 saturated heterocycles. The maximum atomic E-state index is 14.1. The van der Waals surface area contributed by atoms with E-state index in [2.05, 4.69) is 78.9 Å². The molecule has 248 valence electrons. The van der Waals surface area contributed by atoms with Gasteiger partial charge in [0.15, 0.2) is 17.5 Å². The van der Waals surface area contributed by atoms with Crippen molar-refractivity contribution < 1.29 is 4.39 Å². The Morgan fingerprint density at radius 2 is 0.925 bits per heavy atom. The van der Waals surface area contributed by atoms with Crippen LogP contribution in [-0.2, 0) is 0 Å². The maximum absolute atomic E-state index is 14.1. The summed E-state index contributed by atoms with van der Waals surface area (Å²) in [6.45, 7) is 0. The quantitative estimate of drug-likeness (QED) is 0.134. The molecule has 5 nitrogen and oxygen atoms in total. The van der Waals surface area contributed by atoms with Crippen molar-refractivity contribution in [3.05, 3.63) is 176 Å². The van der Waals surface area contributed by atoms with Crippen LogP contribution in [0.15, 0.2) is 170 Å². The molecular weight excluding hydrogens is 654 g/mol. The minimum absolute atomic E-state index is 0.306. The SMILES string of the molecule is Fc1ccc2cc3cc(-c4ccc(-c5ccc(-c6nc(-c7ccccc7)nc(-c7ccccc7)n6)cc5)c5ccccc45)c4cccnc4c3nc2c1. The van der Waals surface area contributed by atoms with Crippen molar-refractivity contribution in [3.63, 3.8) is 0 Å². The Morgan fingerprint density at radius 1 is 0.358 bits per heavy atom. The number of pyridine rings is 2. The van der Waals surface area contributed by atoms with E-state index >= 15 is 0 Å². The van der Waals surface area contributed by atoms with Crippen molar-refractivity contribution in [3.8, 4) is 56.4 Å². The Labute approximate surface area is 304 Å². The normalized spacial score (nSPS) is 11.5. The summed E-state index contributed by atoms with van der Waals surface area (Å²) in [5.41, 5.74) is 9.33. The van der Waals surface area contributed by atoms with Gasteiger partial charge in [-0.2, -0.15) is 0 Å². The summed E-state index contributed by atoms with van der Waals surface area (Å²) in [7, 11) is 0. The second-order valence-corrected chi connectivity index (χ2v) is 13.0. The molecule has 10 aromatic rings. The van der Waals surface area contributed by atoms with E-state index in [1.165, 1.54) is 12.1 Å². The highest BCUT2D eigenvalue weighted by molar-refractivity contribution is 6.16. The van der Waals surface area contributed by atoms with Crippen LogP contribution in [0.1, 0.15) is 0 Å². The van der Waals surface area contributed by atoms with Crippen LogP contribution >= 0.6 is 0 Å². The summed E-state index contributed by atoms with van der Waals surface area (Å²) in [6.07, 6.45) is 1.79. The lowest BCUT2D eigenvalue weighted by molar-refractivity contribution is 0.629. The molecule has 0 bridgehead atoms. The summed E-state index contributed by atoms with van der Waals surface area (Å²) in [4.78, 5) is 24.3. The molecule has 0 aliphatic carbocycles. The average Bonchev–Trinajstić information content (AvgIpc) is 3.23. The van der Waals surface area contributed by atoms with E-state index in [0.29, 0.717) is 23.0 Å². The van der Waals surface area contributed by atoms with Crippen LogP contribution < -0.4 is 0 Å². The van der Waals surface area contributed by atoms with Crippen molar-refractivity contribution in [2.45, 2.75) is 0 Å². The van der Waals surface area contributed by atoms with E-state index in [1.54, 1.807) is 12.3 Å². The maximum Gasteiger partial charge on any atom is 0.164 e. The first-order chi connectivity index (χ1) is 26.2. The zero-order chi connectivity index (χ0) is 35.3. The number of benzene rings is 7. The number of hydrogen-bond donors (Lipinski definition) is 0. The Balaban J connectivity index is 1.09. The van der Waals surface area contributed by atoms with Gasteiger partial charge in [0.2, 0.25) is 0 Å². The van der Waals surface area contributed by atoms with Gasteiger partial charge in [0.1, 0.15) is 5.82 Å². The van der Waals surface area contributed by atoms with Crippen molar-refractivity contribution >= 4 is 43.5 Å². The smallest absolute Gasteiger partial charge is 0.164 e. The fourth-order valence-electron chi connectivity index (χ4n) is 7.25. The summed E-state index contributed by atoms with van der Waals surface area (Å²) in [5.74, 6) is 1.58. The predicted octanol–water partition coefficient (Wildman–Crippen LogP) is 11.7. The van der Waals surface area contributed by atoms with Gasteiger partial charge in [-0.15, -0.1) is 0 Å². The van der Waals surface area contributed by atoms with E-state index in [4.69, 9.17) is 24.9 Å². The van der Waals surface area contributed by atoms with Crippen LogP contribution in [-0.4, -0.2) is 24.9 Å². The topological polar surface area (TPSA) is 64.5 Å². The minimum Gasteiger partial charge on any atom is -0.254 e. The number of hydrogen-bond acceptors (Lipinski definition) is 5. The number of rotatable bonds is 5. The number of halogens is 1. The highest BCUT2D eigenvalue weighted by atomic mass is 19.1. The van der Waals surface area contributed by atoms with E-state index in [9.17, 15) is 4.39 Å². The first-order valence-electron chi connectivity index (χ1n) is 17.4. The van der Waals surface area contributed by atoms with Gasteiger partial charge in [-0.1, -0.05) is 127 Å². The summed E-state index contributed by atoms with van der Waals surface area (Å²) >= 11 is 0. The molecule has 53 heavy (non-hydrogen) atoms. The predicted molar refractivity (Wildman–Crippen MR) is 213 cm³/mol. The summed E-state index contributed by atoms with van der Waals surface area (Å²) in [6, 6.07) is 54.4. The molecule has 0 spiro atoms. The molecule has 0 atom stereocenters. The van der Waals surface area contributed by atoms with Gasteiger partial charge in [0.05, 0.1) is 16.6 Å². The summed E-state index contributed by atoms with van der Waals surface area (Å²) in [5, 5.41) is 5.10. The lowest BCUT2D eigenvalue weighted by Crippen LogP contribution is -2.00. The van der Waals surface area contributed by atoms with Crippen molar-refractivity contribution in [2.75, 3.05) is 0 Å². The van der Waals surface area contributed by atoms with Gasteiger partial charge >= 0.3 is 0 Å². The molecule has 0 unspecified atom stereocenters. The molecule has 0 N–H and O–H groups in total. The van der Waals surface area contributed by atoms with E-state index in [0.717, 1.165) is 76.9 Å². The average molecular weight is 682 g/mol. The van der Waals surface area contributed by atoms with Crippen molar-refractivity contribution in [1.82, 2.24) is 24.9 Å². The second-order valence-electron chi connectivity index (χ2n) is 13.0. The Kier molecular flexibility index (Phi) is 7.25. The van der Waals surface area contributed by atoms with E-state index < -0.39 is 0 Å². The molecule has 0 aliphatic rings. The van der Waals surface area contributed by atoms with Crippen LogP contribution in [0.4, 0.5) is 4.39 Å². The van der Waals surface area contributed by atoms with E-state index in [1.807, 2.05) is 66.7 Å². The number of nitrogens with zero attached hydrogens (tertiary/aromatic N) is 5. The summed E-state index contributed by atoms with van der Waals surface area (Å²) < 4.78 is 14.1. The largest absolute Gasteiger partial charge is 0.254 e. The van der Waals surface area contributed by atoms with Crippen LogP contribution in [0.5, 0.6) is 0 Å². The first kappa shape index (κ1) is 30.6. The third-order valence-corrected chi connectivity index (χ3v) is 9.80. The third kappa shape index (κ3) is 5.45. The van der Waals surface area contributed by atoms with Gasteiger partial charge in [-0.3, -0.25) is 4.98 Å². The van der Waals surface area contributed by atoms with Crippen molar-refractivity contribution in [1.29, 1.82) is 0 Å².